The molecule has 1 unspecified atom stereocenters. The summed E-state index contributed by atoms with van der Waals surface area (Å²) in [6.07, 6.45) is 0.361. The summed E-state index contributed by atoms with van der Waals surface area (Å²) in [7, 11) is 3.66. The van der Waals surface area contributed by atoms with E-state index in [2.05, 4.69) is 5.32 Å². The summed E-state index contributed by atoms with van der Waals surface area (Å²) in [6.45, 7) is 9.51. The zero-order valence-corrected chi connectivity index (χ0v) is 20.1. The maximum absolute atomic E-state index is 13.2. The number of rotatable bonds is 4. The fourth-order valence-corrected chi connectivity index (χ4v) is 4.43. The molecule has 1 atom stereocenters. The van der Waals surface area contributed by atoms with E-state index in [4.69, 9.17) is 4.74 Å². The molecular weight excluding hydrogens is 410 g/mol. The molecule has 1 aliphatic heterocycles. The van der Waals surface area contributed by atoms with Gasteiger partial charge in [0.15, 0.2) is 0 Å². The summed E-state index contributed by atoms with van der Waals surface area (Å²) < 4.78 is 5.71. The molecule has 0 aromatic heterocycles. The van der Waals surface area contributed by atoms with Crippen LogP contribution in [0.15, 0.2) is 46.2 Å². The van der Waals surface area contributed by atoms with E-state index in [1.807, 2.05) is 78.1 Å². The maximum atomic E-state index is 13.2. The molecular formula is C24H31N3O3S. The highest BCUT2D eigenvalue weighted by molar-refractivity contribution is 7.99. The minimum Gasteiger partial charge on any atom is -0.443 e. The van der Waals surface area contributed by atoms with Crippen molar-refractivity contribution >= 4 is 46.5 Å². The first-order valence-electron chi connectivity index (χ1n) is 10.5. The molecule has 2 aromatic rings. The quantitative estimate of drug-likeness (QED) is 0.605. The minimum absolute atomic E-state index is 0.0501. The van der Waals surface area contributed by atoms with Gasteiger partial charge in [-0.1, -0.05) is 25.6 Å². The van der Waals surface area contributed by atoms with E-state index in [-0.39, 0.29) is 11.8 Å². The van der Waals surface area contributed by atoms with E-state index >= 15 is 0 Å². The summed E-state index contributed by atoms with van der Waals surface area (Å²) in [5, 5.41) is 3.15. The van der Waals surface area contributed by atoms with E-state index in [1.165, 1.54) is 0 Å². The molecule has 0 fully saturated rings. The van der Waals surface area contributed by atoms with Gasteiger partial charge in [-0.2, -0.15) is 0 Å². The fraction of sp³-hybridized carbons (Fsp3) is 0.417. The summed E-state index contributed by atoms with van der Waals surface area (Å²) in [5.74, 6) is 0.0241. The molecule has 2 aromatic carbocycles. The SMILES string of the molecule is CCC(C)C(=O)N(C)c1ccc2c(c1)Sc1cc(NC)ccc1N2C(=O)OC(C)(C)C. The largest absolute Gasteiger partial charge is 0.443 e. The molecule has 1 N–H and O–H groups in total. The lowest BCUT2D eigenvalue weighted by molar-refractivity contribution is -0.121. The predicted octanol–water partition coefficient (Wildman–Crippen LogP) is 6.28. The highest BCUT2D eigenvalue weighted by Crippen LogP contribution is 2.50. The van der Waals surface area contributed by atoms with Gasteiger partial charge in [-0.05, 0) is 63.6 Å². The lowest BCUT2D eigenvalue weighted by atomic mass is 10.1. The van der Waals surface area contributed by atoms with Crippen LogP contribution in [-0.4, -0.2) is 31.7 Å². The number of nitrogens with zero attached hydrogens (tertiary/aromatic N) is 2. The van der Waals surface area contributed by atoms with Crippen LogP contribution in [-0.2, 0) is 9.53 Å². The molecule has 0 aliphatic carbocycles. The van der Waals surface area contributed by atoms with Crippen LogP contribution in [0.1, 0.15) is 41.0 Å². The van der Waals surface area contributed by atoms with E-state index in [9.17, 15) is 9.59 Å². The Kier molecular flexibility index (Phi) is 6.55. The zero-order chi connectivity index (χ0) is 22.9. The van der Waals surface area contributed by atoms with Crippen molar-refractivity contribution in [2.24, 2.45) is 5.92 Å². The van der Waals surface area contributed by atoms with Gasteiger partial charge in [0, 0.05) is 41.2 Å². The normalized spacial score (nSPS) is 13.7. The Balaban J connectivity index is 2.06. The topological polar surface area (TPSA) is 61.9 Å². The Morgan fingerprint density at radius 3 is 2.32 bits per heavy atom. The van der Waals surface area contributed by atoms with Crippen molar-refractivity contribution in [3.63, 3.8) is 0 Å². The maximum Gasteiger partial charge on any atom is 0.419 e. The number of carbonyl (C=O) groups excluding carboxylic acids is 2. The zero-order valence-electron chi connectivity index (χ0n) is 19.3. The van der Waals surface area contributed by atoms with Crippen molar-refractivity contribution in [1.82, 2.24) is 0 Å². The van der Waals surface area contributed by atoms with Crippen molar-refractivity contribution in [2.45, 2.75) is 56.4 Å². The molecule has 0 saturated heterocycles. The van der Waals surface area contributed by atoms with Gasteiger partial charge in [-0.3, -0.25) is 4.79 Å². The highest BCUT2D eigenvalue weighted by Gasteiger charge is 2.32. The average Bonchev–Trinajstić information content (AvgIpc) is 2.73. The minimum atomic E-state index is -0.615. The van der Waals surface area contributed by atoms with Crippen LogP contribution in [0.5, 0.6) is 0 Å². The molecule has 31 heavy (non-hydrogen) atoms. The molecule has 0 spiro atoms. The Morgan fingerprint density at radius 1 is 1.13 bits per heavy atom. The Hall–Kier alpha value is -2.67. The molecule has 3 rings (SSSR count). The molecule has 0 radical (unpaired) electrons. The molecule has 1 aliphatic rings. The molecule has 2 amide bonds. The third-order valence-corrected chi connectivity index (χ3v) is 6.32. The number of ether oxygens (including phenoxy) is 1. The molecule has 0 bridgehead atoms. The third kappa shape index (κ3) is 4.82. The average molecular weight is 442 g/mol. The molecule has 0 saturated carbocycles. The summed E-state index contributed by atoms with van der Waals surface area (Å²) >= 11 is 1.58. The van der Waals surface area contributed by atoms with Crippen LogP contribution in [0.3, 0.4) is 0 Å². The van der Waals surface area contributed by atoms with Crippen LogP contribution in [0.4, 0.5) is 27.5 Å². The van der Waals surface area contributed by atoms with Crippen molar-refractivity contribution in [1.29, 1.82) is 0 Å². The van der Waals surface area contributed by atoms with Crippen molar-refractivity contribution in [3.8, 4) is 0 Å². The number of benzene rings is 2. The van der Waals surface area contributed by atoms with E-state index in [0.717, 1.165) is 39.0 Å². The summed E-state index contributed by atoms with van der Waals surface area (Å²) in [6, 6.07) is 11.6. The third-order valence-electron chi connectivity index (χ3n) is 5.22. The van der Waals surface area contributed by atoms with Crippen molar-refractivity contribution in [3.05, 3.63) is 36.4 Å². The highest BCUT2D eigenvalue weighted by atomic mass is 32.2. The second kappa shape index (κ2) is 8.83. The van der Waals surface area contributed by atoms with Crippen LogP contribution >= 0.6 is 11.8 Å². The van der Waals surface area contributed by atoms with E-state index < -0.39 is 11.7 Å². The number of carbonyl (C=O) groups is 2. The van der Waals surface area contributed by atoms with Gasteiger partial charge in [0.25, 0.3) is 0 Å². The van der Waals surface area contributed by atoms with Crippen LogP contribution in [0.2, 0.25) is 0 Å². The number of fused-ring (bicyclic) bond motifs is 2. The van der Waals surface area contributed by atoms with Gasteiger partial charge in [-0.15, -0.1) is 0 Å². The van der Waals surface area contributed by atoms with Crippen LogP contribution in [0.25, 0.3) is 0 Å². The van der Waals surface area contributed by atoms with E-state index in [1.54, 1.807) is 28.6 Å². The fourth-order valence-electron chi connectivity index (χ4n) is 3.30. The first-order chi connectivity index (χ1) is 14.6. The second-order valence-electron chi connectivity index (χ2n) is 8.71. The summed E-state index contributed by atoms with van der Waals surface area (Å²) in [5.41, 5.74) is 2.67. The van der Waals surface area contributed by atoms with Crippen molar-refractivity contribution in [2.75, 3.05) is 29.2 Å². The Bertz CT molecular complexity index is 1000. The van der Waals surface area contributed by atoms with E-state index in [0.29, 0.717) is 0 Å². The Labute approximate surface area is 188 Å². The molecule has 1 heterocycles. The monoisotopic (exact) mass is 441 g/mol. The van der Waals surface area contributed by atoms with Gasteiger partial charge in [-0.25, -0.2) is 9.69 Å². The molecule has 166 valence electrons. The Morgan fingerprint density at radius 2 is 1.74 bits per heavy atom. The van der Waals surface area contributed by atoms with Crippen molar-refractivity contribution < 1.29 is 14.3 Å². The lowest BCUT2D eigenvalue weighted by Gasteiger charge is -2.33. The van der Waals surface area contributed by atoms with Crippen LogP contribution in [0, 0.1) is 5.92 Å². The smallest absolute Gasteiger partial charge is 0.419 e. The number of amides is 2. The molecule has 7 heteroatoms. The van der Waals surface area contributed by atoms with Gasteiger partial charge in [0.2, 0.25) is 5.91 Å². The number of hydrogen-bond donors (Lipinski definition) is 1. The van der Waals surface area contributed by atoms with Gasteiger partial charge >= 0.3 is 6.09 Å². The number of nitrogens with one attached hydrogen (secondary N) is 1. The number of hydrogen-bond acceptors (Lipinski definition) is 5. The van der Waals surface area contributed by atoms with Crippen LogP contribution < -0.4 is 15.1 Å². The van der Waals surface area contributed by atoms with Gasteiger partial charge < -0.3 is 15.0 Å². The summed E-state index contributed by atoms with van der Waals surface area (Å²) in [4.78, 5) is 31.0. The first-order valence-corrected chi connectivity index (χ1v) is 11.3. The van der Waals surface area contributed by atoms with Gasteiger partial charge in [0.05, 0.1) is 11.4 Å². The number of anilines is 4. The first kappa shape index (κ1) is 23.0. The van der Waals surface area contributed by atoms with Gasteiger partial charge in [0.1, 0.15) is 5.60 Å². The lowest BCUT2D eigenvalue weighted by Crippen LogP contribution is -2.35. The predicted molar refractivity (Wildman–Crippen MR) is 128 cm³/mol. The standard InChI is InChI=1S/C24H31N3O3S/c1-8-15(2)22(28)26(7)17-10-12-19-21(14-17)31-20-13-16(25-6)9-11-18(20)27(19)23(29)30-24(3,4)5/h9-15,25H,8H2,1-7H3. The second-order valence-corrected chi connectivity index (χ2v) is 9.79. The molecule has 6 nitrogen and oxygen atoms in total.